The molecule has 58 heavy (non-hydrogen) atoms. The van der Waals surface area contributed by atoms with Gasteiger partial charge in [-0.15, -0.1) is 0 Å². The van der Waals surface area contributed by atoms with Gasteiger partial charge in [0, 0.05) is 6.42 Å². The Bertz CT molecular complexity index is 1300. The molecule has 0 rings (SSSR count). The van der Waals surface area contributed by atoms with E-state index in [1.54, 1.807) is 6.08 Å². The molecule has 3 N–H and O–H groups in total. The van der Waals surface area contributed by atoms with E-state index in [9.17, 15) is 19.4 Å². The smallest absolute Gasteiger partial charge is 0.387 e. The number of nitrogens with one attached hydrogen (secondary N) is 1. The standard InChI is InChI=1S/C49H83N2O6P/c1-6-8-10-12-14-16-18-20-22-24-25-27-29-31-33-35-37-39-41-43-49(53)50-47(46-57-58(54,55)56-45-44-51(3,4)5)48(52)42-40-38-36-34-32-30-28-26-23-21-19-17-15-13-11-9-7-2/h8,10,14,16,20,22-23,25-27,31-34,37,39-40,42,47-48,52H,6-7,9,11-13,15,17-19,21,24,28-30,35-36,38,41,43-46H2,1-5H3,(H-,50,53,54,55)/p+1/b10-8-,16-14-,22-20-,26-23+,27-25-,33-31-,34-32+,39-37-,42-40+. The second kappa shape index (κ2) is 39.6. The number of carbonyl (C=O) groups is 1. The quantitative estimate of drug-likeness (QED) is 0.0248. The molecule has 0 aliphatic carbocycles. The Morgan fingerprint density at radius 1 is 0.603 bits per heavy atom. The van der Waals surface area contributed by atoms with Gasteiger partial charge in [-0.05, 0) is 83.5 Å². The number of nitrogens with zero attached hydrogens (tertiary/aromatic N) is 1. The van der Waals surface area contributed by atoms with Crippen LogP contribution in [0.5, 0.6) is 0 Å². The molecule has 0 bridgehead atoms. The van der Waals surface area contributed by atoms with Gasteiger partial charge < -0.3 is 19.8 Å². The number of carbonyl (C=O) groups excluding carboxylic acids is 1. The second-order valence-corrected chi connectivity index (χ2v) is 17.1. The van der Waals surface area contributed by atoms with Gasteiger partial charge >= 0.3 is 7.82 Å². The highest BCUT2D eigenvalue weighted by Gasteiger charge is 2.27. The van der Waals surface area contributed by atoms with E-state index < -0.39 is 20.0 Å². The summed E-state index contributed by atoms with van der Waals surface area (Å²) in [5.41, 5.74) is 0. The first-order chi connectivity index (χ1) is 28.0. The largest absolute Gasteiger partial charge is 0.472 e. The zero-order valence-corrected chi connectivity index (χ0v) is 38.1. The molecule has 0 heterocycles. The molecule has 0 aromatic carbocycles. The van der Waals surface area contributed by atoms with Crippen molar-refractivity contribution in [1.29, 1.82) is 0 Å². The Morgan fingerprint density at radius 2 is 1.05 bits per heavy atom. The second-order valence-electron chi connectivity index (χ2n) is 15.7. The maximum absolute atomic E-state index is 12.8. The highest BCUT2D eigenvalue weighted by atomic mass is 31.2. The minimum atomic E-state index is -4.38. The van der Waals surface area contributed by atoms with Crippen LogP contribution in [0.1, 0.15) is 142 Å². The average molecular weight is 828 g/mol. The Balaban J connectivity index is 4.67. The van der Waals surface area contributed by atoms with Gasteiger partial charge in [-0.25, -0.2) is 4.57 Å². The van der Waals surface area contributed by atoms with E-state index in [1.165, 1.54) is 51.4 Å². The number of aliphatic hydroxyl groups excluding tert-OH is 1. The van der Waals surface area contributed by atoms with E-state index in [4.69, 9.17) is 9.05 Å². The molecule has 8 nitrogen and oxygen atoms in total. The lowest BCUT2D eigenvalue weighted by Crippen LogP contribution is -2.45. The monoisotopic (exact) mass is 828 g/mol. The summed E-state index contributed by atoms with van der Waals surface area (Å²) in [5.74, 6) is -0.279. The van der Waals surface area contributed by atoms with Crippen molar-refractivity contribution in [2.75, 3.05) is 40.9 Å². The number of phosphoric acid groups is 1. The predicted molar refractivity (Wildman–Crippen MR) is 249 cm³/mol. The van der Waals surface area contributed by atoms with Gasteiger partial charge in [0.1, 0.15) is 13.2 Å². The molecule has 0 saturated heterocycles. The molecule has 3 atom stereocenters. The number of hydrogen-bond donors (Lipinski definition) is 3. The molecule has 9 heteroatoms. The Hall–Kier alpha value is -2.84. The Kier molecular flexibility index (Phi) is 37.7. The number of rotatable bonds is 38. The number of amides is 1. The van der Waals surface area contributed by atoms with Gasteiger partial charge in [0.05, 0.1) is 39.9 Å². The van der Waals surface area contributed by atoms with Gasteiger partial charge in [-0.2, -0.15) is 0 Å². The Morgan fingerprint density at radius 3 is 1.57 bits per heavy atom. The maximum Gasteiger partial charge on any atom is 0.472 e. The third-order valence-corrected chi connectivity index (χ3v) is 9.95. The molecular formula is C49H84N2O6P+. The van der Waals surface area contributed by atoms with E-state index >= 15 is 0 Å². The summed E-state index contributed by atoms with van der Waals surface area (Å²) < 4.78 is 23.5. The van der Waals surface area contributed by atoms with Crippen molar-refractivity contribution in [3.63, 3.8) is 0 Å². The van der Waals surface area contributed by atoms with Crippen molar-refractivity contribution in [2.24, 2.45) is 0 Å². The van der Waals surface area contributed by atoms with Crippen molar-refractivity contribution in [1.82, 2.24) is 5.32 Å². The number of aliphatic hydroxyl groups is 1. The molecule has 0 spiro atoms. The Labute approximate surface area is 355 Å². The third kappa shape index (κ3) is 41.3. The predicted octanol–water partition coefficient (Wildman–Crippen LogP) is 12.5. The number of likely N-dealkylation sites (N-methyl/N-ethyl adjacent to an activating group) is 1. The number of quaternary nitrogens is 1. The van der Waals surface area contributed by atoms with Crippen molar-refractivity contribution in [2.45, 2.75) is 154 Å². The number of allylic oxidation sites excluding steroid dienone is 17. The zero-order chi connectivity index (χ0) is 42.8. The SMILES string of the molecule is CC/C=C\C/C=C\C/C=C\C/C=C\C/C=C\C/C=C\CCC(=O)NC(COP(=O)(O)OCC[N+](C)(C)C)C(O)/C=C/CC/C=C/CC/C=C/CCCCCCCCC. The average Bonchev–Trinajstić information content (AvgIpc) is 3.17. The first-order valence-corrected chi connectivity index (χ1v) is 23.8. The topological polar surface area (TPSA) is 105 Å². The van der Waals surface area contributed by atoms with E-state index in [0.717, 1.165) is 64.2 Å². The minimum Gasteiger partial charge on any atom is -0.387 e. The van der Waals surface area contributed by atoms with Crippen molar-refractivity contribution in [3.05, 3.63) is 109 Å². The lowest BCUT2D eigenvalue weighted by molar-refractivity contribution is -0.870. The molecule has 1 amide bonds. The lowest BCUT2D eigenvalue weighted by atomic mass is 10.1. The van der Waals surface area contributed by atoms with Gasteiger partial charge in [-0.3, -0.25) is 13.8 Å². The van der Waals surface area contributed by atoms with Crippen LogP contribution < -0.4 is 5.32 Å². The fourth-order valence-electron chi connectivity index (χ4n) is 5.45. The molecule has 0 aromatic heterocycles. The van der Waals surface area contributed by atoms with E-state index in [1.807, 2.05) is 39.4 Å². The van der Waals surface area contributed by atoms with Gasteiger partial charge in [0.15, 0.2) is 0 Å². The van der Waals surface area contributed by atoms with Crippen LogP contribution in [0, 0.1) is 0 Å². The van der Waals surface area contributed by atoms with Crippen LogP contribution >= 0.6 is 7.82 Å². The molecule has 0 aliphatic heterocycles. The fraction of sp³-hybridized carbons (Fsp3) is 0.612. The summed E-state index contributed by atoms with van der Waals surface area (Å²) in [6, 6.07) is -0.917. The molecule has 330 valence electrons. The number of hydrogen-bond acceptors (Lipinski definition) is 5. The van der Waals surface area contributed by atoms with Gasteiger partial charge in [-0.1, -0.05) is 162 Å². The molecular weight excluding hydrogens is 744 g/mol. The van der Waals surface area contributed by atoms with Crippen LogP contribution in [-0.2, 0) is 18.4 Å². The summed E-state index contributed by atoms with van der Waals surface area (Å²) in [6.45, 7) is 4.57. The molecule has 3 unspecified atom stereocenters. The summed E-state index contributed by atoms with van der Waals surface area (Å²) in [6.07, 6.45) is 57.5. The van der Waals surface area contributed by atoms with E-state index in [2.05, 4.69) is 104 Å². The zero-order valence-electron chi connectivity index (χ0n) is 37.2. The fourth-order valence-corrected chi connectivity index (χ4v) is 6.18. The van der Waals surface area contributed by atoms with Crippen LogP contribution in [0.3, 0.4) is 0 Å². The van der Waals surface area contributed by atoms with Gasteiger partial charge in [0.25, 0.3) is 0 Å². The van der Waals surface area contributed by atoms with E-state index in [0.29, 0.717) is 17.4 Å². The summed E-state index contributed by atoms with van der Waals surface area (Å²) in [7, 11) is 1.48. The lowest BCUT2D eigenvalue weighted by Gasteiger charge is -2.25. The van der Waals surface area contributed by atoms with Crippen LogP contribution in [0.15, 0.2) is 109 Å². The maximum atomic E-state index is 12.8. The highest BCUT2D eigenvalue weighted by Crippen LogP contribution is 2.43. The van der Waals surface area contributed by atoms with Crippen LogP contribution in [0.4, 0.5) is 0 Å². The van der Waals surface area contributed by atoms with Crippen molar-refractivity contribution >= 4 is 13.7 Å². The first-order valence-electron chi connectivity index (χ1n) is 22.3. The van der Waals surface area contributed by atoms with Gasteiger partial charge in [0.2, 0.25) is 5.91 Å². The van der Waals surface area contributed by atoms with Crippen LogP contribution in [-0.4, -0.2) is 73.4 Å². The van der Waals surface area contributed by atoms with Crippen LogP contribution in [0.25, 0.3) is 0 Å². The molecule has 0 fully saturated rings. The van der Waals surface area contributed by atoms with Crippen LogP contribution in [0.2, 0.25) is 0 Å². The minimum absolute atomic E-state index is 0.0335. The number of phosphoric ester groups is 1. The number of unbranched alkanes of at least 4 members (excludes halogenated alkanes) is 9. The summed E-state index contributed by atoms with van der Waals surface area (Å²) in [4.78, 5) is 23.1. The third-order valence-electron chi connectivity index (χ3n) is 8.97. The summed E-state index contributed by atoms with van der Waals surface area (Å²) >= 11 is 0. The first kappa shape index (κ1) is 55.2. The van der Waals surface area contributed by atoms with E-state index in [-0.39, 0.29) is 25.5 Å². The highest BCUT2D eigenvalue weighted by molar-refractivity contribution is 7.47. The molecule has 0 radical (unpaired) electrons. The summed E-state index contributed by atoms with van der Waals surface area (Å²) in [5, 5.41) is 13.7. The normalized spacial score (nSPS) is 15.4. The van der Waals surface area contributed by atoms with Crippen molar-refractivity contribution < 1.29 is 32.9 Å². The molecule has 0 saturated carbocycles. The van der Waals surface area contributed by atoms with Crippen molar-refractivity contribution in [3.8, 4) is 0 Å². The molecule has 0 aliphatic rings. The molecule has 0 aromatic rings.